The first-order chi connectivity index (χ1) is 11.1. The molecular weight excluding hydrogens is 333 g/mol. The van der Waals surface area contributed by atoms with Crippen LogP contribution in [0.3, 0.4) is 0 Å². The molecule has 0 unspecified atom stereocenters. The van der Waals surface area contributed by atoms with E-state index in [0.29, 0.717) is 10.0 Å². The molecule has 0 atom stereocenters. The van der Waals surface area contributed by atoms with Crippen molar-refractivity contribution in [2.24, 2.45) is 0 Å². The zero-order chi connectivity index (χ0) is 16.3. The van der Waals surface area contributed by atoms with E-state index in [0.717, 1.165) is 49.7 Å². The van der Waals surface area contributed by atoms with Gasteiger partial charge in [0.1, 0.15) is 5.82 Å². The van der Waals surface area contributed by atoms with Crippen molar-refractivity contribution >= 4 is 29.0 Å². The largest absolute Gasteiger partial charge is 0.381 e. The SMILES string of the molecule is Cc1cncc(NCC2(c3ccc(Cl)cc3Cl)CCOCC2)n1. The fraction of sp³-hybridized carbons (Fsp3) is 0.412. The molecule has 0 aliphatic carbocycles. The minimum absolute atomic E-state index is 0.0919. The van der Waals surface area contributed by atoms with E-state index in [1.54, 1.807) is 12.4 Å². The maximum Gasteiger partial charge on any atom is 0.144 e. The maximum atomic E-state index is 6.48. The Bertz CT molecular complexity index is 687. The summed E-state index contributed by atoms with van der Waals surface area (Å²) in [6.07, 6.45) is 5.29. The Labute approximate surface area is 146 Å². The van der Waals surface area contributed by atoms with Crippen LogP contribution in [0.4, 0.5) is 5.82 Å². The van der Waals surface area contributed by atoms with Crippen molar-refractivity contribution in [2.75, 3.05) is 25.1 Å². The molecule has 2 aromatic rings. The lowest BCUT2D eigenvalue weighted by molar-refractivity contribution is 0.0544. The molecule has 1 aromatic heterocycles. The van der Waals surface area contributed by atoms with Gasteiger partial charge in [-0.1, -0.05) is 29.3 Å². The van der Waals surface area contributed by atoms with Crippen molar-refractivity contribution in [3.8, 4) is 0 Å². The van der Waals surface area contributed by atoms with Crippen LogP contribution in [-0.2, 0) is 10.2 Å². The van der Waals surface area contributed by atoms with Crippen LogP contribution in [-0.4, -0.2) is 29.7 Å². The molecule has 0 amide bonds. The van der Waals surface area contributed by atoms with E-state index in [9.17, 15) is 0 Å². The van der Waals surface area contributed by atoms with Crippen LogP contribution in [0.15, 0.2) is 30.6 Å². The number of rotatable bonds is 4. The summed E-state index contributed by atoms with van der Waals surface area (Å²) >= 11 is 12.5. The van der Waals surface area contributed by atoms with E-state index in [-0.39, 0.29) is 5.41 Å². The van der Waals surface area contributed by atoms with Crippen LogP contribution < -0.4 is 5.32 Å². The number of halogens is 2. The predicted molar refractivity (Wildman–Crippen MR) is 93.5 cm³/mol. The molecule has 1 aromatic carbocycles. The number of benzene rings is 1. The highest BCUT2D eigenvalue weighted by molar-refractivity contribution is 6.35. The molecule has 1 saturated heterocycles. The van der Waals surface area contributed by atoms with Gasteiger partial charge >= 0.3 is 0 Å². The second-order valence-electron chi connectivity index (χ2n) is 5.92. The van der Waals surface area contributed by atoms with Crippen molar-refractivity contribution in [1.29, 1.82) is 0 Å². The van der Waals surface area contributed by atoms with E-state index in [1.807, 2.05) is 25.1 Å². The smallest absolute Gasteiger partial charge is 0.144 e. The third-order valence-corrected chi connectivity index (χ3v) is 4.86. The molecule has 1 fully saturated rings. The van der Waals surface area contributed by atoms with Gasteiger partial charge in [-0.3, -0.25) is 4.98 Å². The Kier molecular flexibility index (Phi) is 5.05. The Hall–Kier alpha value is -1.36. The van der Waals surface area contributed by atoms with Crippen LogP contribution in [0.5, 0.6) is 0 Å². The molecule has 23 heavy (non-hydrogen) atoms. The van der Waals surface area contributed by atoms with Gasteiger partial charge in [0.25, 0.3) is 0 Å². The number of hydrogen-bond acceptors (Lipinski definition) is 4. The summed E-state index contributed by atoms with van der Waals surface area (Å²) in [5, 5.41) is 4.77. The second-order valence-corrected chi connectivity index (χ2v) is 6.76. The van der Waals surface area contributed by atoms with E-state index < -0.39 is 0 Å². The summed E-state index contributed by atoms with van der Waals surface area (Å²) in [5.41, 5.74) is 1.91. The molecule has 2 heterocycles. The monoisotopic (exact) mass is 351 g/mol. The second kappa shape index (κ2) is 7.04. The fourth-order valence-electron chi connectivity index (χ4n) is 3.03. The normalized spacial score (nSPS) is 17.0. The number of aryl methyl sites for hydroxylation is 1. The summed E-state index contributed by atoms with van der Waals surface area (Å²) in [6.45, 7) is 4.11. The van der Waals surface area contributed by atoms with Gasteiger partial charge in [0.2, 0.25) is 0 Å². The van der Waals surface area contributed by atoms with E-state index in [1.165, 1.54) is 0 Å². The topological polar surface area (TPSA) is 47.0 Å². The molecule has 122 valence electrons. The van der Waals surface area contributed by atoms with Crippen molar-refractivity contribution in [2.45, 2.75) is 25.2 Å². The highest BCUT2D eigenvalue weighted by atomic mass is 35.5. The van der Waals surface area contributed by atoms with Crippen molar-refractivity contribution in [1.82, 2.24) is 9.97 Å². The third-order valence-electron chi connectivity index (χ3n) is 4.32. The van der Waals surface area contributed by atoms with Crippen LogP contribution in [0.2, 0.25) is 10.0 Å². The lowest BCUT2D eigenvalue weighted by atomic mass is 9.74. The average Bonchev–Trinajstić information content (AvgIpc) is 2.54. The van der Waals surface area contributed by atoms with Crippen molar-refractivity contribution < 1.29 is 4.74 Å². The molecular formula is C17H19Cl2N3O. The first kappa shape index (κ1) is 16.5. The molecule has 1 aliphatic heterocycles. The fourth-order valence-corrected chi connectivity index (χ4v) is 3.64. The quantitative estimate of drug-likeness (QED) is 0.894. The van der Waals surface area contributed by atoms with Crippen LogP contribution in [0.25, 0.3) is 0 Å². The summed E-state index contributed by atoms with van der Waals surface area (Å²) in [6, 6.07) is 5.73. The first-order valence-electron chi connectivity index (χ1n) is 7.65. The Morgan fingerprint density at radius 1 is 1.22 bits per heavy atom. The van der Waals surface area contributed by atoms with Gasteiger partial charge in [-0.2, -0.15) is 0 Å². The Balaban J connectivity index is 1.87. The van der Waals surface area contributed by atoms with Gasteiger partial charge in [0, 0.05) is 41.4 Å². The number of nitrogens with one attached hydrogen (secondary N) is 1. The molecule has 4 nitrogen and oxygen atoms in total. The lowest BCUT2D eigenvalue weighted by Gasteiger charge is -2.38. The van der Waals surface area contributed by atoms with Crippen LogP contribution >= 0.6 is 23.2 Å². The minimum Gasteiger partial charge on any atom is -0.381 e. The van der Waals surface area contributed by atoms with Gasteiger partial charge in [-0.05, 0) is 37.5 Å². The standard InChI is InChI=1S/C17H19Cl2N3O/c1-12-9-20-10-16(22-12)21-11-17(4-6-23-7-5-17)14-3-2-13(18)8-15(14)19/h2-3,8-10H,4-7,11H2,1H3,(H,21,22). The Morgan fingerprint density at radius 2 is 2.00 bits per heavy atom. The number of ether oxygens (including phenoxy) is 1. The molecule has 3 rings (SSSR count). The summed E-state index contributed by atoms with van der Waals surface area (Å²) < 4.78 is 5.56. The number of anilines is 1. The molecule has 6 heteroatoms. The molecule has 0 saturated carbocycles. The zero-order valence-electron chi connectivity index (χ0n) is 13.0. The van der Waals surface area contributed by atoms with Gasteiger partial charge in [0.15, 0.2) is 0 Å². The van der Waals surface area contributed by atoms with Crippen LogP contribution in [0.1, 0.15) is 24.1 Å². The number of hydrogen-bond donors (Lipinski definition) is 1. The van der Waals surface area contributed by atoms with E-state index in [4.69, 9.17) is 27.9 Å². The predicted octanol–water partition coefficient (Wildman–Crippen LogP) is 4.25. The number of nitrogens with zero attached hydrogens (tertiary/aromatic N) is 2. The summed E-state index contributed by atoms with van der Waals surface area (Å²) in [5.74, 6) is 0.779. The Morgan fingerprint density at radius 3 is 2.70 bits per heavy atom. The van der Waals surface area contributed by atoms with Gasteiger partial charge in [-0.15, -0.1) is 0 Å². The third kappa shape index (κ3) is 3.77. The van der Waals surface area contributed by atoms with E-state index in [2.05, 4.69) is 15.3 Å². The van der Waals surface area contributed by atoms with Gasteiger partial charge < -0.3 is 10.1 Å². The molecule has 0 bridgehead atoms. The molecule has 0 spiro atoms. The number of aromatic nitrogens is 2. The highest BCUT2D eigenvalue weighted by Gasteiger charge is 2.36. The van der Waals surface area contributed by atoms with Gasteiger partial charge in [-0.25, -0.2) is 4.98 Å². The molecule has 0 radical (unpaired) electrons. The van der Waals surface area contributed by atoms with E-state index >= 15 is 0 Å². The van der Waals surface area contributed by atoms with Crippen molar-refractivity contribution in [3.05, 3.63) is 51.9 Å². The summed E-state index contributed by atoms with van der Waals surface area (Å²) in [7, 11) is 0. The summed E-state index contributed by atoms with van der Waals surface area (Å²) in [4.78, 5) is 8.64. The minimum atomic E-state index is -0.0919. The lowest BCUT2D eigenvalue weighted by Crippen LogP contribution is -2.40. The average molecular weight is 352 g/mol. The maximum absolute atomic E-state index is 6.48. The van der Waals surface area contributed by atoms with Gasteiger partial charge in [0.05, 0.1) is 11.9 Å². The molecule has 1 N–H and O–H groups in total. The van der Waals surface area contributed by atoms with Crippen molar-refractivity contribution in [3.63, 3.8) is 0 Å². The first-order valence-corrected chi connectivity index (χ1v) is 8.40. The van der Waals surface area contributed by atoms with Crippen LogP contribution in [0, 0.1) is 6.92 Å². The molecule has 1 aliphatic rings. The highest BCUT2D eigenvalue weighted by Crippen LogP contribution is 2.39. The zero-order valence-corrected chi connectivity index (χ0v) is 14.5.